The van der Waals surface area contributed by atoms with Crippen LogP contribution in [0.5, 0.6) is 0 Å². The van der Waals surface area contributed by atoms with Crippen molar-refractivity contribution in [1.29, 1.82) is 0 Å². The topological polar surface area (TPSA) is 37.4 Å². The molecule has 0 saturated carbocycles. The minimum absolute atomic E-state index is 0.118. The van der Waals surface area contributed by atoms with Crippen molar-refractivity contribution in [3.8, 4) is 0 Å². The van der Waals surface area contributed by atoms with E-state index in [2.05, 4.69) is 80.4 Å². The monoisotopic (exact) mass is 557 g/mol. The van der Waals surface area contributed by atoms with E-state index in [9.17, 15) is 9.59 Å². The summed E-state index contributed by atoms with van der Waals surface area (Å²) >= 11 is 1.81. The van der Waals surface area contributed by atoms with Crippen LogP contribution in [-0.2, 0) is 5.41 Å². The summed E-state index contributed by atoms with van der Waals surface area (Å²) in [6.07, 6.45) is 1.83. The van der Waals surface area contributed by atoms with Crippen LogP contribution in [0.3, 0.4) is 0 Å². The average molecular weight is 557 g/mol. The van der Waals surface area contributed by atoms with Gasteiger partial charge in [0.15, 0.2) is 0 Å². The SMILES string of the molecule is CC1(C)c2cc(C=C3C(=O)c4c[se]cc4C3=O)sc2N2c3ccccc3[Si](C)(C)c3cccc1c32. The molecule has 2 aromatic carbocycles. The number of allylic oxidation sites excluding steroid dienone is 1. The first-order valence-electron chi connectivity index (χ1n) is 11.8. The molecule has 0 N–H and O–H groups in total. The van der Waals surface area contributed by atoms with Crippen molar-refractivity contribution in [2.24, 2.45) is 0 Å². The van der Waals surface area contributed by atoms with Gasteiger partial charge in [0, 0.05) is 0 Å². The van der Waals surface area contributed by atoms with Crippen molar-refractivity contribution < 1.29 is 9.59 Å². The molecule has 4 heterocycles. The maximum absolute atomic E-state index is 13.0. The quantitative estimate of drug-likeness (QED) is 0.176. The third kappa shape index (κ3) is 2.66. The second-order valence-corrected chi connectivity index (χ2v) is 17.5. The number of ketones is 2. The summed E-state index contributed by atoms with van der Waals surface area (Å²) < 4.78 is 0. The van der Waals surface area contributed by atoms with Gasteiger partial charge in [-0.3, -0.25) is 0 Å². The van der Waals surface area contributed by atoms with Crippen LogP contribution in [0.4, 0.5) is 16.4 Å². The van der Waals surface area contributed by atoms with Crippen molar-refractivity contribution in [3.63, 3.8) is 0 Å². The molecule has 0 fully saturated rings. The number of nitrogens with zero attached hydrogens (tertiary/aromatic N) is 1. The van der Waals surface area contributed by atoms with Crippen LogP contribution < -0.4 is 15.3 Å². The Morgan fingerprint density at radius 1 is 0.914 bits per heavy atom. The molecule has 0 atom stereocenters. The third-order valence-electron chi connectivity index (χ3n) is 7.96. The van der Waals surface area contributed by atoms with Gasteiger partial charge < -0.3 is 0 Å². The Kier molecular flexibility index (Phi) is 4.25. The molecule has 0 saturated heterocycles. The van der Waals surface area contributed by atoms with Gasteiger partial charge in [0.25, 0.3) is 0 Å². The molecular weight excluding hydrogens is 533 g/mol. The van der Waals surface area contributed by atoms with Gasteiger partial charge in [0.2, 0.25) is 0 Å². The van der Waals surface area contributed by atoms with Gasteiger partial charge >= 0.3 is 197 Å². The predicted octanol–water partition coefficient (Wildman–Crippen LogP) is 5.51. The Morgan fingerprint density at radius 2 is 1.60 bits per heavy atom. The molecule has 2 aromatic heterocycles. The Labute approximate surface area is 215 Å². The van der Waals surface area contributed by atoms with E-state index < -0.39 is 8.07 Å². The maximum atomic E-state index is 13.0. The number of hydrogen-bond acceptors (Lipinski definition) is 4. The summed E-state index contributed by atoms with van der Waals surface area (Å²) in [6, 6.07) is 17.8. The normalized spacial score (nSPS) is 18.2. The standard InChI is InChI=1S/C29H23NO2SSeSi/c1-29(2)20-8-7-11-24-25(20)30(22-9-5-6-10-23(22)35(24,3)4)28-21(29)13-16(33-28)12-17-26(31)18-14-34-15-19(18)27(17)32/h5-15H,1-4H3. The van der Waals surface area contributed by atoms with E-state index in [1.54, 1.807) is 11.3 Å². The summed E-state index contributed by atoms with van der Waals surface area (Å²) in [6.45, 7) is 9.49. The summed E-state index contributed by atoms with van der Waals surface area (Å²) in [4.78, 5) is 33.2. The fourth-order valence-electron chi connectivity index (χ4n) is 6.01. The van der Waals surface area contributed by atoms with Crippen LogP contribution in [0.1, 0.15) is 50.6 Å². The molecule has 0 bridgehead atoms. The van der Waals surface area contributed by atoms with Crippen molar-refractivity contribution in [2.45, 2.75) is 32.4 Å². The molecule has 172 valence electrons. The van der Waals surface area contributed by atoms with E-state index in [1.165, 1.54) is 37.9 Å². The first-order chi connectivity index (χ1) is 16.7. The van der Waals surface area contributed by atoms with Crippen molar-refractivity contribution >= 4 is 78.3 Å². The Balaban J connectivity index is 1.47. The minimum atomic E-state index is -1.87. The summed E-state index contributed by atoms with van der Waals surface area (Å²) in [5.41, 5.74) is 6.53. The predicted molar refractivity (Wildman–Crippen MR) is 148 cm³/mol. The van der Waals surface area contributed by atoms with Gasteiger partial charge in [-0.25, -0.2) is 0 Å². The number of benzene rings is 2. The molecule has 1 aliphatic carbocycles. The van der Waals surface area contributed by atoms with E-state index in [0.29, 0.717) is 16.7 Å². The van der Waals surface area contributed by atoms with Crippen molar-refractivity contribution in [3.05, 3.63) is 91.1 Å². The molecule has 7 rings (SSSR count). The number of thiophene rings is 1. The van der Waals surface area contributed by atoms with Gasteiger partial charge in [0.1, 0.15) is 0 Å². The van der Waals surface area contributed by atoms with E-state index in [-0.39, 0.29) is 31.5 Å². The second kappa shape index (κ2) is 6.92. The number of Topliss-reactive ketones (excluding diaryl/α,β-unsaturated/α-hetero) is 2. The van der Waals surface area contributed by atoms with Crippen LogP contribution in [0, 0.1) is 0 Å². The van der Waals surface area contributed by atoms with Gasteiger partial charge in [-0.2, -0.15) is 0 Å². The number of para-hydroxylation sites is 2. The van der Waals surface area contributed by atoms with Crippen LogP contribution >= 0.6 is 11.3 Å². The first kappa shape index (κ1) is 21.5. The Bertz CT molecular complexity index is 1620. The van der Waals surface area contributed by atoms with Crippen LogP contribution in [0.15, 0.2) is 64.0 Å². The third-order valence-corrected chi connectivity index (χ3v) is 14.1. The number of carbonyl (C=O) groups excluding carboxylic acids is 2. The molecular formula is C29H23NO2SSeSi. The van der Waals surface area contributed by atoms with Crippen LogP contribution in [-0.4, -0.2) is 34.1 Å². The summed E-state index contributed by atoms with van der Waals surface area (Å²) in [7, 11) is -1.87. The molecule has 3 nitrogen and oxygen atoms in total. The zero-order valence-corrected chi connectivity index (χ0v) is 23.5. The van der Waals surface area contributed by atoms with Crippen LogP contribution in [0.25, 0.3) is 6.08 Å². The number of carbonyl (C=O) groups is 2. The zero-order chi connectivity index (χ0) is 24.3. The fraction of sp³-hybridized carbons (Fsp3) is 0.172. The average Bonchev–Trinajstić information content (AvgIpc) is 3.54. The molecule has 2 aliphatic heterocycles. The van der Waals surface area contributed by atoms with Gasteiger partial charge in [0.05, 0.1) is 0 Å². The van der Waals surface area contributed by atoms with Crippen molar-refractivity contribution in [1.82, 2.24) is 0 Å². The number of fused-ring (bicyclic) bond motifs is 5. The van der Waals surface area contributed by atoms with Gasteiger partial charge in [-0.1, -0.05) is 19.2 Å². The Hall–Kier alpha value is -2.76. The van der Waals surface area contributed by atoms with Crippen LogP contribution in [0.2, 0.25) is 13.1 Å². The second-order valence-electron chi connectivity index (χ2n) is 10.6. The molecule has 4 aromatic rings. The Morgan fingerprint density at radius 3 is 2.34 bits per heavy atom. The molecule has 6 heteroatoms. The van der Waals surface area contributed by atoms with Crippen molar-refractivity contribution in [2.75, 3.05) is 4.90 Å². The summed E-state index contributed by atoms with van der Waals surface area (Å²) in [5.74, 6) is -0.235. The zero-order valence-electron chi connectivity index (χ0n) is 19.9. The fourth-order valence-corrected chi connectivity index (χ4v) is 12.0. The van der Waals surface area contributed by atoms with E-state index in [1.807, 2.05) is 16.0 Å². The molecule has 3 aliphatic rings. The molecule has 0 spiro atoms. The number of hydrogen-bond donors (Lipinski definition) is 0. The molecule has 35 heavy (non-hydrogen) atoms. The number of anilines is 3. The summed E-state index contributed by atoms with van der Waals surface area (Å²) in [5, 5.41) is 4.10. The van der Waals surface area contributed by atoms with E-state index in [4.69, 9.17) is 0 Å². The van der Waals surface area contributed by atoms with Gasteiger partial charge in [-0.15, -0.1) is 0 Å². The molecule has 0 radical (unpaired) electrons. The first-order valence-corrected chi connectivity index (χ1v) is 17.6. The molecule has 0 unspecified atom stereocenters. The molecule has 0 amide bonds. The van der Waals surface area contributed by atoms with E-state index >= 15 is 0 Å². The van der Waals surface area contributed by atoms with Gasteiger partial charge in [-0.05, 0) is 0 Å². The van der Waals surface area contributed by atoms with E-state index in [0.717, 1.165) is 4.88 Å². The number of rotatable bonds is 1.